The van der Waals surface area contributed by atoms with Crippen LogP contribution in [0.5, 0.6) is 0 Å². The van der Waals surface area contributed by atoms with Crippen LogP contribution < -0.4 is 56.5 Å². The molecule has 0 radical (unpaired) electrons. The number of esters is 1. The molecule has 9 heteroatoms. The van der Waals surface area contributed by atoms with Gasteiger partial charge in [0.05, 0.1) is 31.5 Å². The zero-order valence-corrected chi connectivity index (χ0v) is 27.4. The molecular weight excluding hydrogens is 515 g/mol. The van der Waals surface area contributed by atoms with Crippen molar-refractivity contribution < 1.29 is 90.1 Å². The molecule has 2 rings (SSSR count). The van der Waals surface area contributed by atoms with Crippen LogP contribution in [0.15, 0.2) is 23.8 Å². The summed E-state index contributed by atoms with van der Waals surface area (Å²) >= 11 is 0. The number of carboxylic acids is 1. The number of aliphatic hydroxyl groups excluding tert-OH is 1. The van der Waals surface area contributed by atoms with Crippen LogP contribution in [0.25, 0.3) is 0 Å². The SMILES string of the molecule is C/C(=C\C(=O)OCCCCCCCCC(=O)[O-])C[C@@H]1OC[C@H](C/C=C/[C@@H](C)[C@H](C)O)[C@H]2OC(C)(C)O[C@H]21.[K+]. The van der Waals surface area contributed by atoms with Crippen LogP contribution in [0.1, 0.15) is 92.4 Å². The van der Waals surface area contributed by atoms with E-state index in [0.717, 1.165) is 44.1 Å². The molecule has 0 spiro atoms. The van der Waals surface area contributed by atoms with E-state index in [1.807, 2.05) is 33.8 Å². The van der Waals surface area contributed by atoms with E-state index in [1.54, 1.807) is 6.92 Å². The fourth-order valence-corrected chi connectivity index (χ4v) is 4.78. The number of ether oxygens (including phenoxy) is 4. The van der Waals surface area contributed by atoms with Crippen molar-refractivity contribution in [2.45, 2.75) is 123 Å². The first-order valence-electron chi connectivity index (χ1n) is 13.8. The van der Waals surface area contributed by atoms with Gasteiger partial charge in [-0.15, -0.1) is 0 Å². The van der Waals surface area contributed by atoms with Crippen molar-refractivity contribution >= 4 is 11.9 Å². The molecule has 0 unspecified atom stereocenters. The van der Waals surface area contributed by atoms with Gasteiger partial charge in [-0.25, -0.2) is 4.79 Å². The Balaban J connectivity index is 0.00000722. The van der Waals surface area contributed by atoms with Crippen molar-refractivity contribution in [2.75, 3.05) is 13.2 Å². The number of carbonyl (C=O) groups is 2. The third-order valence-electron chi connectivity index (χ3n) is 7.07. The summed E-state index contributed by atoms with van der Waals surface area (Å²) in [7, 11) is 0. The average Bonchev–Trinajstić information content (AvgIpc) is 3.14. The van der Waals surface area contributed by atoms with Crippen LogP contribution in [0, 0.1) is 11.8 Å². The average molecular weight is 563 g/mol. The fraction of sp³-hybridized carbons (Fsp3) is 0.793. The van der Waals surface area contributed by atoms with E-state index in [9.17, 15) is 19.8 Å². The van der Waals surface area contributed by atoms with Crippen LogP contribution in [0.4, 0.5) is 0 Å². The van der Waals surface area contributed by atoms with Gasteiger partial charge in [-0.1, -0.05) is 50.3 Å². The summed E-state index contributed by atoms with van der Waals surface area (Å²) in [6.45, 7) is 10.4. The number of carbonyl (C=O) groups excluding carboxylic acids is 2. The van der Waals surface area contributed by atoms with E-state index in [1.165, 1.54) is 6.08 Å². The van der Waals surface area contributed by atoms with Crippen LogP contribution in [0.2, 0.25) is 0 Å². The predicted molar refractivity (Wildman–Crippen MR) is 138 cm³/mol. The fourth-order valence-electron chi connectivity index (χ4n) is 4.78. The van der Waals surface area contributed by atoms with Gasteiger partial charge in [0, 0.05) is 18.0 Å². The van der Waals surface area contributed by atoms with Crippen molar-refractivity contribution in [3.63, 3.8) is 0 Å². The Bertz CT molecular complexity index is 779. The minimum absolute atomic E-state index is 0. The molecule has 2 aliphatic heterocycles. The number of carboxylic acid groups (broad SMARTS) is 1. The molecule has 2 aliphatic rings. The first-order valence-corrected chi connectivity index (χ1v) is 13.8. The molecule has 2 saturated heterocycles. The zero-order valence-electron chi connectivity index (χ0n) is 24.3. The predicted octanol–water partition coefficient (Wildman–Crippen LogP) is 0.849. The normalized spacial score (nSPS) is 26.4. The van der Waals surface area contributed by atoms with Gasteiger partial charge in [0.15, 0.2) is 5.79 Å². The Morgan fingerprint density at radius 1 is 1.08 bits per heavy atom. The van der Waals surface area contributed by atoms with Gasteiger partial charge in [-0.3, -0.25) is 0 Å². The minimum atomic E-state index is -0.991. The van der Waals surface area contributed by atoms with Gasteiger partial charge in [0.2, 0.25) is 0 Å². The van der Waals surface area contributed by atoms with Crippen molar-refractivity contribution in [1.82, 2.24) is 0 Å². The van der Waals surface area contributed by atoms with Gasteiger partial charge in [-0.2, -0.15) is 0 Å². The number of aliphatic hydroxyl groups is 1. The van der Waals surface area contributed by atoms with Crippen molar-refractivity contribution in [2.24, 2.45) is 11.8 Å². The Hall–Kier alpha value is -0.104. The Kier molecular flexibility index (Phi) is 17.3. The molecule has 0 aliphatic carbocycles. The smallest absolute Gasteiger partial charge is 0.550 e. The number of hydrogen-bond donors (Lipinski definition) is 1. The molecule has 0 amide bonds. The largest absolute Gasteiger partial charge is 1.00 e. The third-order valence-corrected chi connectivity index (χ3v) is 7.07. The van der Waals surface area contributed by atoms with E-state index in [-0.39, 0.29) is 100 Å². The first-order chi connectivity index (χ1) is 17.5. The Morgan fingerprint density at radius 3 is 2.37 bits per heavy atom. The molecule has 38 heavy (non-hydrogen) atoms. The van der Waals surface area contributed by atoms with E-state index >= 15 is 0 Å². The number of fused-ring (bicyclic) bond motifs is 1. The quantitative estimate of drug-likeness (QED) is 0.0969. The molecule has 212 valence electrons. The maximum atomic E-state index is 12.3. The van der Waals surface area contributed by atoms with Crippen molar-refractivity contribution in [1.29, 1.82) is 0 Å². The van der Waals surface area contributed by atoms with Crippen LogP contribution >= 0.6 is 0 Å². The summed E-state index contributed by atoms with van der Waals surface area (Å²) in [4.78, 5) is 22.6. The van der Waals surface area contributed by atoms with Gasteiger partial charge in [-0.05, 0) is 65.7 Å². The second-order valence-corrected chi connectivity index (χ2v) is 11.1. The topological polar surface area (TPSA) is 114 Å². The minimum Gasteiger partial charge on any atom is -0.550 e. The molecule has 8 nitrogen and oxygen atoms in total. The molecule has 0 aromatic carbocycles. The van der Waals surface area contributed by atoms with Gasteiger partial charge in [0.25, 0.3) is 0 Å². The second kappa shape index (κ2) is 18.4. The number of hydrogen-bond acceptors (Lipinski definition) is 8. The molecular formula is C29H47KO8. The van der Waals surface area contributed by atoms with Crippen LogP contribution in [-0.2, 0) is 28.5 Å². The monoisotopic (exact) mass is 562 g/mol. The molecule has 0 aromatic heterocycles. The zero-order chi connectivity index (χ0) is 27.4. The maximum Gasteiger partial charge on any atom is 1.00 e. The third kappa shape index (κ3) is 13.5. The summed E-state index contributed by atoms with van der Waals surface area (Å²) in [6.07, 6.45) is 11.5. The molecule has 2 fully saturated rings. The van der Waals surface area contributed by atoms with Gasteiger partial charge in [0.1, 0.15) is 6.10 Å². The summed E-state index contributed by atoms with van der Waals surface area (Å²) < 4.78 is 24.0. The number of aliphatic carboxylic acids is 1. The van der Waals surface area contributed by atoms with Crippen LogP contribution in [0.3, 0.4) is 0 Å². The van der Waals surface area contributed by atoms with E-state index < -0.39 is 11.8 Å². The summed E-state index contributed by atoms with van der Waals surface area (Å²) in [6, 6.07) is 0. The number of allylic oxidation sites excluding steroid dienone is 1. The molecule has 6 atom stereocenters. The van der Waals surface area contributed by atoms with Gasteiger partial charge >= 0.3 is 57.4 Å². The maximum absolute atomic E-state index is 12.3. The Labute approximate surface area is 271 Å². The first kappa shape index (κ1) is 35.9. The summed E-state index contributed by atoms with van der Waals surface area (Å²) in [5, 5.41) is 20.1. The van der Waals surface area contributed by atoms with Crippen molar-refractivity contribution in [3.8, 4) is 0 Å². The Morgan fingerprint density at radius 2 is 1.71 bits per heavy atom. The number of rotatable bonds is 16. The van der Waals surface area contributed by atoms with E-state index in [4.69, 9.17) is 18.9 Å². The molecule has 1 N–H and O–H groups in total. The second-order valence-electron chi connectivity index (χ2n) is 11.1. The van der Waals surface area contributed by atoms with Gasteiger partial charge < -0.3 is 34.0 Å². The molecule has 0 bridgehead atoms. The van der Waals surface area contributed by atoms with E-state index in [2.05, 4.69) is 6.08 Å². The summed E-state index contributed by atoms with van der Waals surface area (Å²) in [5.74, 6) is -1.79. The standard InChI is InChI=1S/C29H48O8.K/c1-20(18-26(33)34-16-11-9-7-6-8-10-15-25(31)32)17-24-28-27(36-29(4,5)37-28)23(19-35-24)14-12-13-21(2)22(3)30;/h12-13,18,21-24,27-28,30H,6-11,14-17,19H2,1-5H3,(H,31,32);/q;+1/p-1/b13-12+,20-18+;/t21-,22+,23+,24+,27-,28+;/m1./s1. The molecule has 0 aromatic rings. The van der Waals surface area contributed by atoms with Crippen molar-refractivity contribution in [3.05, 3.63) is 23.8 Å². The van der Waals surface area contributed by atoms with E-state index in [0.29, 0.717) is 26.1 Å². The van der Waals surface area contributed by atoms with Crippen LogP contribution in [-0.4, -0.2) is 60.5 Å². The number of unbranched alkanes of at least 4 members (excludes halogenated alkanes) is 5. The summed E-state index contributed by atoms with van der Waals surface area (Å²) in [5.41, 5.74) is 0.874. The molecule has 0 saturated carbocycles. The molecule has 2 heterocycles.